The van der Waals surface area contributed by atoms with Gasteiger partial charge in [-0.2, -0.15) is 0 Å². The number of anilines is 2. The molecule has 1 aromatic heterocycles. The lowest BCUT2D eigenvalue weighted by Gasteiger charge is -2.17. The molecule has 2 aromatic carbocycles. The number of halogens is 1. The Hall–Kier alpha value is -2.67. The molecule has 1 saturated heterocycles. The van der Waals surface area contributed by atoms with Crippen molar-refractivity contribution in [3.05, 3.63) is 53.0 Å². The standard InChI is InChI=1S/C20H19BrN4O2/c1-2-24-17-9-4-3-8-16(17)22-20(24)23-18(26)15-10-11-25(19(15)27)14-7-5-6-13(21)12-14/h3-9,12,15H,2,10-11H2,1H3,(H,22,23,26). The van der Waals surface area contributed by atoms with E-state index in [0.29, 0.717) is 25.5 Å². The lowest BCUT2D eigenvalue weighted by Crippen LogP contribution is -2.33. The summed E-state index contributed by atoms with van der Waals surface area (Å²) in [5.41, 5.74) is 2.58. The van der Waals surface area contributed by atoms with Gasteiger partial charge in [0.25, 0.3) is 0 Å². The number of nitrogens with one attached hydrogen (secondary N) is 1. The molecule has 1 aliphatic rings. The molecule has 1 unspecified atom stereocenters. The van der Waals surface area contributed by atoms with Crippen molar-refractivity contribution >= 4 is 50.4 Å². The monoisotopic (exact) mass is 426 g/mol. The second kappa shape index (κ2) is 7.15. The fourth-order valence-electron chi connectivity index (χ4n) is 3.51. The third-order valence-corrected chi connectivity index (χ3v) is 5.34. The van der Waals surface area contributed by atoms with Crippen molar-refractivity contribution in [1.82, 2.24) is 9.55 Å². The number of aromatic nitrogens is 2. The summed E-state index contributed by atoms with van der Waals surface area (Å²) in [6.07, 6.45) is 0.490. The Morgan fingerprint density at radius 1 is 1.26 bits per heavy atom. The first kappa shape index (κ1) is 17.7. The molecule has 0 spiro atoms. The minimum Gasteiger partial charge on any atom is -0.312 e. The molecule has 0 radical (unpaired) electrons. The molecule has 27 heavy (non-hydrogen) atoms. The highest BCUT2D eigenvalue weighted by Gasteiger charge is 2.38. The number of benzene rings is 2. The first-order chi connectivity index (χ1) is 13.1. The highest BCUT2D eigenvalue weighted by atomic mass is 79.9. The average molecular weight is 427 g/mol. The maximum absolute atomic E-state index is 12.8. The van der Waals surface area contributed by atoms with Gasteiger partial charge < -0.3 is 9.47 Å². The normalized spacial score (nSPS) is 16.9. The van der Waals surface area contributed by atoms with Crippen LogP contribution >= 0.6 is 15.9 Å². The number of amides is 2. The third kappa shape index (κ3) is 3.23. The molecular weight excluding hydrogens is 408 g/mol. The second-order valence-electron chi connectivity index (χ2n) is 6.47. The first-order valence-corrected chi connectivity index (χ1v) is 9.71. The molecule has 7 heteroatoms. The SMILES string of the molecule is CCn1c(NC(=O)C2CCN(c3cccc(Br)c3)C2=O)nc2ccccc21. The zero-order valence-electron chi connectivity index (χ0n) is 14.9. The number of imidazole rings is 1. The average Bonchev–Trinajstić information content (AvgIpc) is 3.21. The molecule has 1 N–H and O–H groups in total. The lowest BCUT2D eigenvalue weighted by atomic mass is 10.1. The highest BCUT2D eigenvalue weighted by Crippen LogP contribution is 2.28. The van der Waals surface area contributed by atoms with Gasteiger partial charge in [-0.1, -0.05) is 34.1 Å². The van der Waals surface area contributed by atoms with Crippen LogP contribution in [0.25, 0.3) is 11.0 Å². The van der Waals surface area contributed by atoms with Crippen molar-refractivity contribution in [1.29, 1.82) is 0 Å². The van der Waals surface area contributed by atoms with Gasteiger partial charge >= 0.3 is 0 Å². The van der Waals surface area contributed by atoms with E-state index in [4.69, 9.17) is 0 Å². The minimum atomic E-state index is -0.700. The van der Waals surface area contributed by atoms with E-state index in [1.807, 2.05) is 60.0 Å². The lowest BCUT2D eigenvalue weighted by molar-refractivity contribution is -0.129. The molecule has 1 aliphatic heterocycles. The Balaban J connectivity index is 1.55. The van der Waals surface area contributed by atoms with E-state index in [-0.39, 0.29) is 11.8 Å². The van der Waals surface area contributed by atoms with Gasteiger partial charge in [-0.05, 0) is 43.7 Å². The van der Waals surface area contributed by atoms with E-state index in [1.165, 1.54) is 0 Å². The van der Waals surface area contributed by atoms with Crippen LogP contribution in [0.5, 0.6) is 0 Å². The van der Waals surface area contributed by atoms with E-state index in [9.17, 15) is 9.59 Å². The van der Waals surface area contributed by atoms with Crippen molar-refractivity contribution in [2.75, 3.05) is 16.8 Å². The zero-order valence-corrected chi connectivity index (χ0v) is 16.4. The number of rotatable bonds is 4. The smallest absolute Gasteiger partial charge is 0.239 e. The van der Waals surface area contributed by atoms with Gasteiger partial charge in [-0.25, -0.2) is 4.98 Å². The maximum Gasteiger partial charge on any atom is 0.239 e. The Morgan fingerprint density at radius 3 is 2.85 bits per heavy atom. The first-order valence-electron chi connectivity index (χ1n) is 8.91. The van der Waals surface area contributed by atoms with Crippen LogP contribution in [-0.4, -0.2) is 27.9 Å². The molecule has 6 nitrogen and oxygen atoms in total. The fraction of sp³-hybridized carbons (Fsp3) is 0.250. The summed E-state index contributed by atoms with van der Waals surface area (Å²) in [5.74, 6) is -0.696. The van der Waals surface area contributed by atoms with Crippen LogP contribution in [0, 0.1) is 5.92 Å². The minimum absolute atomic E-state index is 0.176. The van der Waals surface area contributed by atoms with Crippen LogP contribution in [0.2, 0.25) is 0 Å². The van der Waals surface area contributed by atoms with Crippen LogP contribution in [0.1, 0.15) is 13.3 Å². The molecule has 0 bridgehead atoms. The van der Waals surface area contributed by atoms with Crippen LogP contribution in [-0.2, 0) is 16.1 Å². The predicted molar refractivity (Wildman–Crippen MR) is 109 cm³/mol. The van der Waals surface area contributed by atoms with Gasteiger partial charge in [0.2, 0.25) is 17.8 Å². The summed E-state index contributed by atoms with van der Waals surface area (Å²) in [6.45, 7) is 3.20. The number of para-hydroxylation sites is 2. The van der Waals surface area contributed by atoms with E-state index in [2.05, 4.69) is 26.2 Å². The summed E-state index contributed by atoms with van der Waals surface area (Å²) < 4.78 is 2.84. The van der Waals surface area contributed by atoms with Crippen molar-refractivity contribution in [3.8, 4) is 0 Å². The third-order valence-electron chi connectivity index (χ3n) is 4.85. The molecule has 1 fully saturated rings. The molecule has 2 heterocycles. The number of carbonyl (C=O) groups is 2. The van der Waals surface area contributed by atoms with E-state index in [0.717, 1.165) is 21.2 Å². The zero-order chi connectivity index (χ0) is 19.0. The van der Waals surface area contributed by atoms with E-state index in [1.54, 1.807) is 4.90 Å². The number of fused-ring (bicyclic) bond motifs is 1. The number of hydrogen-bond acceptors (Lipinski definition) is 3. The summed E-state index contributed by atoms with van der Waals surface area (Å²) in [6, 6.07) is 15.3. The number of aryl methyl sites for hydroxylation is 1. The Morgan fingerprint density at radius 2 is 2.07 bits per heavy atom. The van der Waals surface area contributed by atoms with Crippen molar-refractivity contribution < 1.29 is 9.59 Å². The topological polar surface area (TPSA) is 67.2 Å². The van der Waals surface area contributed by atoms with Gasteiger partial charge in [0.1, 0.15) is 5.92 Å². The highest BCUT2D eigenvalue weighted by molar-refractivity contribution is 9.10. The molecule has 3 aromatic rings. The number of hydrogen-bond donors (Lipinski definition) is 1. The maximum atomic E-state index is 12.8. The van der Waals surface area contributed by atoms with Crippen molar-refractivity contribution in [3.63, 3.8) is 0 Å². The fourth-order valence-corrected chi connectivity index (χ4v) is 3.90. The van der Waals surface area contributed by atoms with Crippen molar-refractivity contribution in [2.45, 2.75) is 19.9 Å². The van der Waals surface area contributed by atoms with Gasteiger partial charge in [0.15, 0.2) is 0 Å². The van der Waals surface area contributed by atoms with E-state index < -0.39 is 5.92 Å². The van der Waals surface area contributed by atoms with Gasteiger partial charge in [-0.3, -0.25) is 14.9 Å². The Kier molecular flexibility index (Phi) is 4.70. The summed E-state index contributed by atoms with van der Waals surface area (Å²) >= 11 is 3.42. The van der Waals surface area contributed by atoms with Crippen molar-refractivity contribution in [2.24, 2.45) is 5.92 Å². The summed E-state index contributed by atoms with van der Waals surface area (Å²) in [7, 11) is 0. The largest absolute Gasteiger partial charge is 0.312 e. The predicted octanol–water partition coefficient (Wildman–Crippen LogP) is 3.81. The Bertz CT molecular complexity index is 1030. The molecule has 1 atom stereocenters. The summed E-state index contributed by atoms with van der Waals surface area (Å²) in [5, 5.41) is 2.86. The molecule has 0 aliphatic carbocycles. The summed E-state index contributed by atoms with van der Waals surface area (Å²) in [4.78, 5) is 31.8. The second-order valence-corrected chi connectivity index (χ2v) is 7.38. The Labute approximate surface area is 165 Å². The van der Waals surface area contributed by atoms with Gasteiger partial charge in [0.05, 0.1) is 11.0 Å². The molecule has 138 valence electrons. The van der Waals surface area contributed by atoms with E-state index >= 15 is 0 Å². The molecular formula is C20H19BrN4O2. The van der Waals surface area contributed by atoms with Crippen LogP contribution in [0.4, 0.5) is 11.6 Å². The van der Waals surface area contributed by atoms with Crippen LogP contribution in [0.3, 0.4) is 0 Å². The molecule has 0 saturated carbocycles. The molecule has 2 amide bonds. The quantitative estimate of drug-likeness (QED) is 0.644. The van der Waals surface area contributed by atoms with Gasteiger partial charge in [0, 0.05) is 23.2 Å². The van der Waals surface area contributed by atoms with Crippen LogP contribution in [0.15, 0.2) is 53.0 Å². The van der Waals surface area contributed by atoms with Crippen LogP contribution < -0.4 is 10.2 Å². The number of nitrogens with zero attached hydrogens (tertiary/aromatic N) is 3. The molecule has 4 rings (SSSR count). The van der Waals surface area contributed by atoms with Gasteiger partial charge in [-0.15, -0.1) is 0 Å². The number of carbonyl (C=O) groups excluding carboxylic acids is 2.